The van der Waals surface area contributed by atoms with Gasteiger partial charge in [-0.3, -0.25) is 19.1 Å². The van der Waals surface area contributed by atoms with Crippen LogP contribution in [0.2, 0.25) is 5.02 Å². The molecule has 1 saturated heterocycles. The lowest BCUT2D eigenvalue weighted by molar-refractivity contribution is -0.116. The molecular weight excluding hydrogens is 757 g/mol. The number of nitrogens with one attached hydrogen (secondary N) is 2. The van der Waals surface area contributed by atoms with Crippen LogP contribution in [0.4, 0.5) is 29.5 Å². The van der Waals surface area contributed by atoms with Crippen molar-refractivity contribution in [2.75, 3.05) is 36.8 Å². The molecule has 2 N–H and O–H groups in total. The summed E-state index contributed by atoms with van der Waals surface area (Å²) in [4.78, 5) is 58.6. The number of hydrogen-bond acceptors (Lipinski definition) is 9. The quantitative estimate of drug-likeness (QED) is 0.200. The SMILES string of the molecule is Cc1nn(CC(=O)Nc2ccc(F)nn2)cc1-c1ccc(-c2cnc(C(=O)Nc3ccc(C(=O)N4CCN(C(=O)OC(C)(C)C)CC4)c(Cl)c3)n2C)c(F)c1F. The van der Waals surface area contributed by atoms with Crippen LogP contribution >= 0.6 is 11.6 Å². The Kier molecular flexibility index (Phi) is 11.1. The molecule has 0 aliphatic carbocycles. The summed E-state index contributed by atoms with van der Waals surface area (Å²) in [5.74, 6) is -4.86. The molecule has 292 valence electrons. The van der Waals surface area contributed by atoms with Crippen molar-refractivity contribution >= 4 is 46.9 Å². The fourth-order valence-corrected chi connectivity index (χ4v) is 6.21. The molecular formula is C37H36ClF3N10O5. The fourth-order valence-electron chi connectivity index (χ4n) is 5.94. The van der Waals surface area contributed by atoms with E-state index in [1.165, 1.54) is 65.1 Å². The standard InChI is InChI=1S/C37H36ClF3N10O5/c1-20-25(18-51(47-20)19-30(52)44-29-11-10-28(39)45-46-29)22-8-9-24(32(41)31(22)40)27-17-42-33(48(27)5)34(53)43-21-6-7-23(26(38)16-21)35(54)49-12-14-50(15-13-49)36(55)56-37(2,3)4/h6-11,16-18H,12-15,19H2,1-5H3,(H,43,53)(H,44,46,52). The van der Waals surface area contributed by atoms with E-state index >= 15 is 8.78 Å². The molecule has 3 aromatic heterocycles. The first-order valence-corrected chi connectivity index (χ1v) is 17.6. The minimum atomic E-state index is -1.20. The van der Waals surface area contributed by atoms with Crippen LogP contribution in [0.1, 0.15) is 47.4 Å². The lowest BCUT2D eigenvalue weighted by Gasteiger charge is -2.35. The van der Waals surface area contributed by atoms with Gasteiger partial charge in [-0.1, -0.05) is 17.7 Å². The number of halogens is 4. The lowest BCUT2D eigenvalue weighted by Crippen LogP contribution is -2.51. The van der Waals surface area contributed by atoms with Crippen LogP contribution in [0, 0.1) is 24.5 Å². The summed E-state index contributed by atoms with van der Waals surface area (Å²) < 4.78 is 52.3. The third kappa shape index (κ3) is 8.64. The number of benzene rings is 2. The number of ether oxygens (including phenoxy) is 1. The first-order chi connectivity index (χ1) is 26.5. The van der Waals surface area contributed by atoms with E-state index in [2.05, 4.69) is 30.9 Å². The molecule has 1 aliphatic rings. The van der Waals surface area contributed by atoms with Crippen molar-refractivity contribution in [2.24, 2.45) is 7.05 Å². The second kappa shape index (κ2) is 15.8. The van der Waals surface area contributed by atoms with E-state index in [1.54, 1.807) is 37.5 Å². The Morgan fingerprint density at radius 2 is 1.55 bits per heavy atom. The van der Waals surface area contributed by atoms with Crippen molar-refractivity contribution in [2.45, 2.75) is 39.8 Å². The van der Waals surface area contributed by atoms with Gasteiger partial charge in [-0.15, -0.1) is 10.2 Å². The number of rotatable bonds is 8. The molecule has 1 fully saturated rings. The fraction of sp³-hybridized carbons (Fsp3) is 0.297. The molecule has 2 aromatic carbocycles. The smallest absolute Gasteiger partial charge is 0.410 e. The summed E-state index contributed by atoms with van der Waals surface area (Å²) >= 11 is 6.48. The summed E-state index contributed by atoms with van der Waals surface area (Å²) in [7, 11) is 1.47. The summed E-state index contributed by atoms with van der Waals surface area (Å²) in [5.41, 5.74) is 0.222. The summed E-state index contributed by atoms with van der Waals surface area (Å²) in [6, 6.07) is 9.36. The number of nitrogens with zero attached hydrogens (tertiary/aromatic N) is 8. The maximum atomic E-state index is 15.7. The molecule has 56 heavy (non-hydrogen) atoms. The highest BCUT2D eigenvalue weighted by atomic mass is 35.5. The van der Waals surface area contributed by atoms with Gasteiger partial charge in [0.2, 0.25) is 11.9 Å². The summed E-state index contributed by atoms with van der Waals surface area (Å²) in [6.45, 7) is 7.77. The minimum absolute atomic E-state index is 0.0251. The number of hydrogen-bond donors (Lipinski definition) is 2. The molecule has 1 aliphatic heterocycles. The van der Waals surface area contributed by atoms with E-state index in [-0.39, 0.29) is 75.8 Å². The monoisotopic (exact) mass is 792 g/mol. The van der Waals surface area contributed by atoms with Crippen LogP contribution in [0.15, 0.2) is 54.9 Å². The Morgan fingerprint density at radius 1 is 0.875 bits per heavy atom. The second-order valence-corrected chi connectivity index (χ2v) is 14.2. The summed E-state index contributed by atoms with van der Waals surface area (Å²) in [6.07, 6.45) is 2.17. The first kappa shape index (κ1) is 39.4. The van der Waals surface area contributed by atoms with Gasteiger partial charge in [0.05, 0.1) is 28.2 Å². The maximum Gasteiger partial charge on any atom is 0.410 e. The largest absolute Gasteiger partial charge is 0.444 e. The normalized spacial score (nSPS) is 13.1. The van der Waals surface area contributed by atoms with Gasteiger partial charge < -0.3 is 29.7 Å². The van der Waals surface area contributed by atoms with Crippen molar-refractivity contribution in [3.05, 3.63) is 94.5 Å². The number of amides is 4. The molecule has 0 saturated carbocycles. The molecule has 0 spiro atoms. The predicted molar refractivity (Wildman–Crippen MR) is 198 cm³/mol. The van der Waals surface area contributed by atoms with Crippen LogP contribution in [-0.2, 0) is 23.1 Å². The average molecular weight is 793 g/mol. The van der Waals surface area contributed by atoms with Crippen LogP contribution in [0.25, 0.3) is 22.4 Å². The van der Waals surface area contributed by atoms with Crippen LogP contribution in [-0.4, -0.2) is 94.9 Å². The van der Waals surface area contributed by atoms with E-state index in [1.807, 2.05) is 0 Å². The molecule has 6 rings (SSSR count). The molecule has 0 radical (unpaired) electrons. The van der Waals surface area contributed by atoms with E-state index < -0.39 is 41.1 Å². The molecule has 15 nitrogen and oxygen atoms in total. The van der Waals surface area contributed by atoms with Crippen molar-refractivity contribution in [3.63, 3.8) is 0 Å². The van der Waals surface area contributed by atoms with E-state index in [0.717, 1.165) is 6.07 Å². The number of aromatic nitrogens is 6. The number of carbonyl (C=O) groups is 4. The molecule has 0 atom stereocenters. The predicted octanol–water partition coefficient (Wildman–Crippen LogP) is 5.70. The van der Waals surface area contributed by atoms with E-state index in [0.29, 0.717) is 18.8 Å². The Hall–Kier alpha value is -6.30. The van der Waals surface area contributed by atoms with Gasteiger partial charge in [-0.2, -0.15) is 9.49 Å². The van der Waals surface area contributed by atoms with E-state index in [9.17, 15) is 23.6 Å². The molecule has 0 unspecified atom stereocenters. The van der Waals surface area contributed by atoms with Gasteiger partial charge in [0, 0.05) is 61.8 Å². The number of piperazine rings is 1. The minimum Gasteiger partial charge on any atom is -0.444 e. The van der Waals surface area contributed by atoms with Crippen LogP contribution in [0.3, 0.4) is 0 Å². The summed E-state index contributed by atoms with van der Waals surface area (Å²) in [5, 5.41) is 16.2. The molecule has 5 aromatic rings. The molecule has 4 heterocycles. The zero-order valence-corrected chi connectivity index (χ0v) is 31.6. The van der Waals surface area contributed by atoms with Crippen molar-refractivity contribution in [1.29, 1.82) is 0 Å². The van der Waals surface area contributed by atoms with Crippen LogP contribution in [0.5, 0.6) is 0 Å². The maximum absolute atomic E-state index is 15.7. The molecule has 4 amide bonds. The third-order valence-corrected chi connectivity index (χ3v) is 8.98. The van der Waals surface area contributed by atoms with Gasteiger partial charge in [0.15, 0.2) is 23.3 Å². The Bertz CT molecular complexity index is 2330. The molecule has 0 bridgehead atoms. The number of carbonyl (C=O) groups excluding carboxylic acids is 4. The second-order valence-electron chi connectivity index (χ2n) is 13.8. The van der Waals surface area contributed by atoms with Gasteiger partial charge in [0.25, 0.3) is 11.8 Å². The highest BCUT2D eigenvalue weighted by Crippen LogP contribution is 2.33. The Labute approximate surface area is 323 Å². The Morgan fingerprint density at radius 3 is 2.21 bits per heavy atom. The highest BCUT2D eigenvalue weighted by Gasteiger charge is 2.29. The third-order valence-electron chi connectivity index (χ3n) is 8.67. The van der Waals surface area contributed by atoms with Gasteiger partial charge >= 0.3 is 6.09 Å². The lowest BCUT2D eigenvalue weighted by atomic mass is 10.0. The highest BCUT2D eigenvalue weighted by molar-refractivity contribution is 6.34. The topological polar surface area (TPSA) is 169 Å². The van der Waals surface area contributed by atoms with Gasteiger partial charge in [0.1, 0.15) is 12.1 Å². The Balaban J connectivity index is 1.10. The van der Waals surface area contributed by atoms with Gasteiger partial charge in [-0.05, 0) is 64.1 Å². The molecule has 19 heteroatoms. The first-order valence-electron chi connectivity index (χ1n) is 17.2. The number of aryl methyl sites for hydroxylation is 1. The van der Waals surface area contributed by atoms with Gasteiger partial charge in [-0.25, -0.2) is 18.6 Å². The van der Waals surface area contributed by atoms with Crippen LogP contribution < -0.4 is 10.6 Å². The number of anilines is 2. The average Bonchev–Trinajstić information content (AvgIpc) is 3.70. The van der Waals surface area contributed by atoms with Crippen molar-refractivity contribution in [3.8, 4) is 22.4 Å². The van der Waals surface area contributed by atoms with Crippen molar-refractivity contribution < 1.29 is 37.1 Å². The van der Waals surface area contributed by atoms with E-state index in [4.69, 9.17) is 16.3 Å². The zero-order valence-electron chi connectivity index (χ0n) is 30.9. The van der Waals surface area contributed by atoms with Crippen molar-refractivity contribution in [1.82, 2.24) is 39.3 Å². The zero-order chi connectivity index (χ0) is 40.5. The number of imidazole rings is 1.